The number of aromatic nitrogens is 4. The van der Waals surface area contributed by atoms with Crippen molar-refractivity contribution in [1.82, 2.24) is 24.9 Å². The van der Waals surface area contributed by atoms with Crippen LogP contribution in [-0.2, 0) is 11.2 Å². The van der Waals surface area contributed by atoms with Gasteiger partial charge in [0.05, 0.1) is 25.3 Å². The fourth-order valence-electron chi connectivity index (χ4n) is 3.12. The molecule has 0 aliphatic carbocycles. The molecule has 2 heterocycles. The Morgan fingerprint density at radius 1 is 1.16 bits per heavy atom. The van der Waals surface area contributed by atoms with Gasteiger partial charge in [-0.2, -0.15) is 0 Å². The Kier molecular flexibility index (Phi) is 5.57. The van der Waals surface area contributed by atoms with Crippen molar-refractivity contribution in [2.75, 3.05) is 7.11 Å². The summed E-state index contributed by atoms with van der Waals surface area (Å²) in [6, 6.07) is 11.7. The number of hydrogen-bond acceptors (Lipinski definition) is 5. The molecule has 0 spiro atoms. The Hall–Kier alpha value is -3.88. The van der Waals surface area contributed by atoms with Gasteiger partial charge in [-0.15, -0.1) is 5.10 Å². The number of nitrogens with one attached hydrogen (secondary N) is 1. The molecule has 1 atom stereocenters. The Morgan fingerprint density at radius 2 is 1.94 bits per heavy atom. The van der Waals surface area contributed by atoms with E-state index in [9.17, 15) is 13.6 Å². The summed E-state index contributed by atoms with van der Waals surface area (Å²) in [5.74, 6) is -0.571. The number of carbonyl (C=O) groups excluding carboxylic acids is 1. The third-order valence-corrected chi connectivity index (χ3v) is 4.76. The van der Waals surface area contributed by atoms with Crippen LogP contribution in [0.15, 0.2) is 54.9 Å². The quantitative estimate of drug-likeness (QED) is 0.513. The number of ether oxygens (including phenoxy) is 1. The highest BCUT2D eigenvalue weighted by Crippen LogP contribution is 2.22. The summed E-state index contributed by atoms with van der Waals surface area (Å²) < 4.78 is 33.7. The lowest BCUT2D eigenvalue weighted by Crippen LogP contribution is -2.29. The molecule has 31 heavy (non-hydrogen) atoms. The molecule has 0 bridgehead atoms. The molecule has 0 saturated carbocycles. The minimum Gasteiger partial charge on any atom is -0.497 e. The summed E-state index contributed by atoms with van der Waals surface area (Å²) in [5.41, 5.74) is 2.16. The Balaban J connectivity index is 1.49. The van der Waals surface area contributed by atoms with E-state index >= 15 is 0 Å². The SMILES string of the molecule is COc1ccc(-c2cc3nc([C@H](C)NC(=O)Cc4cc(F)ccc4F)nn3cn2)cc1. The number of benzene rings is 2. The van der Waals surface area contributed by atoms with E-state index in [0.29, 0.717) is 17.2 Å². The highest BCUT2D eigenvalue weighted by atomic mass is 19.1. The maximum atomic E-state index is 13.8. The topological polar surface area (TPSA) is 81.4 Å². The Labute approximate surface area is 176 Å². The molecule has 1 N–H and O–H groups in total. The molecule has 0 aliphatic rings. The van der Waals surface area contributed by atoms with Crippen molar-refractivity contribution in [2.24, 2.45) is 0 Å². The molecule has 0 unspecified atom stereocenters. The van der Waals surface area contributed by atoms with Crippen LogP contribution in [0.4, 0.5) is 8.78 Å². The Bertz CT molecular complexity index is 1240. The molecule has 7 nitrogen and oxygen atoms in total. The third-order valence-electron chi connectivity index (χ3n) is 4.76. The monoisotopic (exact) mass is 423 g/mol. The standard InChI is InChI=1S/C22H19F2N5O2/c1-13(26-21(30)10-15-9-16(23)5-8-18(15)24)22-27-20-11-19(25-12-29(20)28-22)14-3-6-17(31-2)7-4-14/h3-9,11-13H,10H2,1-2H3,(H,26,30)/t13-/m0/s1. The van der Waals surface area contributed by atoms with Crippen LogP contribution in [-0.4, -0.2) is 32.6 Å². The molecule has 9 heteroatoms. The number of nitrogens with zero attached hydrogens (tertiary/aromatic N) is 4. The van der Waals surface area contributed by atoms with Gasteiger partial charge in [0.15, 0.2) is 11.5 Å². The molecule has 0 fully saturated rings. The Morgan fingerprint density at radius 3 is 2.68 bits per heavy atom. The highest BCUT2D eigenvalue weighted by Gasteiger charge is 2.17. The van der Waals surface area contributed by atoms with Crippen LogP contribution in [0.25, 0.3) is 16.9 Å². The first-order valence-corrected chi connectivity index (χ1v) is 9.53. The molecule has 2 aromatic heterocycles. The summed E-state index contributed by atoms with van der Waals surface area (Å²) in [6.07, 6.45) is 1.26. The van der Waals surface area contributed by atoms with E-state index in [2.05, 4.69) is 20.4 Å². The van der Waals surface area contributed by atoms with E-state index in [1.807, 2.05) is 24.3 Å². The van der Waals surface area contributed by atoms with E-state index in [-0.39, 0.29) is 12.0 Å². The molecule has 158 valence electrons. The van der Waals surface area contributed by atoms with Crippen LogP contribution in [0, 0.1) is 11.6 Å². The van der Waals surface area contributed by atoms with Gasteiger partial charge >= 0.3 is 0 Å². The van der Waals surface area contributed by atoms with Crippen molar-refractivity contribution >= 4 is 11.6 Å². The maximum absolute atomic E-state index is 13.8. The number of rotatable bonds is 6. The second-order valence-electron chi connectivity index (χ2n) is 6.98. The van der Waals surface area contributed by atoms with Crippen molar-refractivity contribution in [2.45, 2.75) is 19.4 Å². The molecular formula is C22H19F2N5O2. The average molecular weight is 423 g/mol. The van der Waals surface area contributed by atoms with Crippen molar-refractivity contribution in [3.05, 3.63) is 77.9 Å². The van der Waals surface area contributed by atoms with Gasteiger partial charge in [0.1, 0.15) is 23.7 Å². The van der Waals surface area contributed by atoms with Crippen molar-refractivity contribution < 1.29 is 18.3 Å². The van der Waals surface area contributed by atoms with Crippen molar-refractivity contribution in [3.63, 3.8) is 0 Å². The van der Waals surface area contributed by atoms with E-state index in [4.69, 9.17) is 4.74 Å². The smallest absolute Gasteiger partial charge is 0.225 e. The minimum atomic E-state index is -0.632. The van der Waals surface area contributed by atoms with Crippen LogP contribution in [0.1, 0.15) is 24.4 Å². The molecular weight excluding hydrogens is 404 g/mol. The van der Waals surface area contributed by atoms with Crippen molar-refractivity contribution in [1.29, 1.82) is 0 Å². The predicted molar refractivity (Wildman–Crippen MR) is 109 cm³/mol. The largest absolute Gasteiger partial charge is 0.497 e. The second-order valence-corrected chi connectivity index (χ2v) is 6.98. The number of carbonyl (C=O) groups is 1. The minimum absolute atomic E-state index is 0.0130. The van der Waals surface area contributed by atoms with E-state index in [0.717, 1.165) is 29.5 Å². The number of methoxy groups -OCH3 is 1. The third kappa shape index (κ3) is 4.50. The first-order valence-electron chi connectivity index (χ1n) is 9.53. The summed E-state index contributed by atoms with van der Waals surface area (Å²) in [6.45, 7) is 1.71. The molecule has 0 radical (unpaired) electrons. The van der Waals surface area contributed by atoms with Crippen molar-refractivity contribution in [3.8, 4) is 17.0 Å². The van der Waals surface area contributed by atoms with Gasteiger partial charge < -0.3 is 10.1 Å². The second kappa shape index (κ2) is 8.47. The molecule has 0 saturated heterocycles. The van der Waals surface area contributed by atoms with Crippen LogP contribution in [0.5, 0.6) is 5.75 Å². The lowest BCUT2D eigenvalue weighted by Gasteiger charge is -2.10. The van der Waals surface area contributed by atoms with E-state index in [1.54, 1.807) is 26.4 Å². The van der Waals surface area contributed by atoms with Gasteiger partial charge in [-0.1, -0.05) is 0 Å². The van der Waals surface area contributed by atoms with Gasteiger partial charge in [-0.25, -0.2) is 23.3 Å². The predicted octanol–water partition coefficient (Wildman–Crippen LogP) is 3.50. The molecule has 2 aromatic carbocycles. The lowest BCUT2D eigenvalue weighted by atomic mass is 10.1. The zero-order valence-corrected chi connectivity index (χ0v) is 16.8. The van der Waals surface area contributed by atoms with Gasteiger partial charge in [0.2, 0.25) is 5.91 Å². The zero-order valence-electron chi connectivity index (χ0n) is 16.8. The normalized spacial score (nSPS) is 12.0. The van der Waals surface area contributed by atoms with Crippen LogP contribution in [0.3, 0.4) is 0 Å². The van der Waals surface area contributed by atoms with E-state index < -0.39 is 23.6 Å². The summed E-state index contributed by atoms with van der Waals surface area (Å²) in [5, 5.41) is 7.05. The summed E-state index contributed by atoms with van der Waals surface area (Å²) in [7, 11) is 1.60. The van der Waals surface area contributed by atoms with Crippen LogP contribution in [0.2, 0.25) is 0 Å². The number of fused-ring (bicyclic) bond motifs is 1. The first kappa shape index (κ1) is 20.4. The number of amides is 1. The van der Waals surface area contributed by atoms with Crippen LogP contribution >= 0.6 is 0 Å². The van der Waals surface area contributed by atoms with E-state index in [1.165, 1.54) is 4.52 Å². The summed E-state index contributed by atoms with van der Waals surface area (Å²) in [4.78, 5) is 21.1. The molecule has 4 aromatic rings. The van der Waals surface area contributed by atoms with Gasteiger partial charge in [0.25, 0.3) is 0 Å². The average Bonchev–Trinajstić information content (AvgIpc) is 3.20. The lowest BCUT2D eigenvalue weighted by molar-refractivity contribution is -0.121. The fraction of sp³-hybridized carbons (Fsp3) is 0.182. The van der Waals surface area contributed by atoms with Gasteiger partial charge in [-0.05, 0) is 49.4 Å². The number of halogens is 2. The summed E-state index contributed by atoms with van der Waals surface area (Å²) >= 11 is 0. The highest BCUT2D eigenvalue weighted by molar-refractivity contribution is 5.79. The zero-order chi connectivity index (χ0) is 22.0. The van der Waals surface area contributed by atoms with Gasteiger partial charge in [0, 0.05) is 17.2 Å². The number of hydrogen-bond donors (Lipinski definition) is 1. The molecule has 4 rings (SSSR count). The maximum Gasteiger partial charge on any atom is 0.225 e. The molecule has 0 aliphatic heterocycles. The van der Waals surface area contributed by atoms with Crippen LogP contribution < -0.4 is 10.1 Å². The molecule has 1 amide bonds. The van der Waals surface area contributed by atoms with Gasteiger partial charge in [-0.3, -0.25) is 4.79 Å². The fourth-order valence-corrected chi connectivity index (χ4v) is 3.12. The first-order chi connectivity index (χ1) is 14.9.